The van der Waals surface area contributed by atoms with Crippen LogP contribution in [0.2, 0.25) is 0 Å². The van der Waals surface area contributed by atoms with Crippen molar-refractivity contribution >= 4 is 6.09 Å². The monoisotopic (exact) mass is 408 g/mol. The molecule has 158 valence electrons. The number of benzene rings is 2. The quantitative estimate of drug-likeness (QED) is 0.623. The van der Waals surface area contributed by atoms with Gasteiger partial charge in [-0.05, 0) is 43.0 Å². The maximum absolute atomic E-state index is 12.3. The second kappa shape index (κ2) is 9.54. The van der Waals surface area contributed by atoms with Crippen molar-refractivity contribution in [3.8, 4) is 22.6 Å². The predicted molar refractivity (Wildman–Crippen MR) is 116 cm³/mol. The van der Waals surface area contributed by atoms with Gasteiger partial charge in [0.2, 0.25) is 0 Å². The minimum absolute atomic E-state index is 0.162. The topological polar surface area (TPSA) is 78.3 Å². The number of amides is 1. The zero-order valence-corrected chi connectivity index (χ0v) is 18.0. The summed E-state index contributed by atoms with van der Waals surface area (Å²) in [5.41, 5.74) is 4.87. The summed E-state index contributed by atoms with van der Waals surface area (Å²) in [7, 11) is 1.59. The third kappa shape index (κ3) is 5.24. The average molecular weight is 409 g/mol. The SMILES string of the molecule is COCC(C)NC(=O)Oc1cc(-c2ccc(C)cc2)cc(-n2nncc2C(C)C)c1. The molecule has 2 aromatic carbocycles. The lowest BCUT2D eigenvalue weighted by atomic mass is 10.0. The van der Waals surface area contributed by atoms with Crippen molar-refractivity contribution in [2.24, 2.45) is 0 Å². The maximum atomic E-state index is 12.3. The van der Waals surface area contributed by atoms with E-state index in [0.29, 0.717) is 12.4 Å². The number of ether oxygens (including phenoxy) is 2. The lowest BCUT2D eigenvalue weighted by Crippen LogP contribution is -2.37. The van der Waals surface area contributed by atoms with Gasteiger partial charge in [-0.15, -0.1) is 5.10 Å². The number of aryl methyl sites for hydroxylation is 1. The molecule has 30 heavy (non-hydrogen) atoms. The molecule has 0 aliphatic heterocycles. The molecule has 3 rings (SSSR count). The van der Waals surface area contributed by atoms with Gasteiger partial charge in [-0.25, -0.2) is 9.48 Å². The second-order valence-corrected chi connectivity index (χ2v) is 7.70. The molecule has 0 aliphatic carbocycles. The van der Waals surface area contributed by atoms with Crippen LogP contribution in [0.1, 0.15) is 37.9 Å². The Morgan fingerprint density at radius 1 is 1.10 bits per heavy atom. The van der Waals surface area contributed by atoms with Crippen molar-refractivity contribution in [1.82, 2.24) is 20.3 Å². The highest BCUT2D eigenvalue weighted by Gasteiger charge is 2.15. The number of hydrogen-bond acceptors (Lipinski definition) is 5. The van der Waals surface area contributed by atoms with Crippen molar-refractivity contribution in [1.29, 1.82) is 0 Å². The van der Waals surface area contributed by atoms with E-state index >= 15 is 0 Å². The van der Waals surface area contributed by atoms with E-state index in [-0.39, 0.29) is 12.0 Å². The normalized spacial score (nSPS) is 12.1. The van der Waals surface area contributed by atoms with Crippen molar-refractivity contribution in [3.05, 3.63) is 59.9 Å². The molecule has 0 bridgehead atoms. The Morgan fingerprint density at radius 2 is 1.83 bits per heavy atom. The van der Waals surface area contributed by atoms with E-state index < -0.39 is 6.09 Å². The standard InChI is InChI=1S/C23H28N4O3/c1-15(2)22-13-24-26-27(22)20-10-19(18-8-6-16(3)7-9-18)11-21(12-20)30-23(28)25-17(4)14-29-5/h6-13,15,17H,14H2,1-5H3,(H,25,28). The van der Waals surface area contributed by atoms with Crippen LogP contribution in [0.4, 0.5) is 4.79 Å². The van der Waals surface area contributed by atoms with Gasteiger partial charge in [-0.1, -0.05) is 48.9 Å². The lowest BCUT2D eigenvalue weighted by Gasteiger charge is -2.15. The second-order valence-electron chi connectivity index (χ2n) is 7.70. The fraction of sp³-hybridized carbons (Fsp3) is 0.348. The van der Waals surface area contributed by atoms with E-state index in [1.54, 1.807) is 24.1 Å². The third-order valence-electron chi connectivity index (χ3n) is 4.68. The fourth-order valence-electron chi connectivity index (χ4n) is 3.14. The molecule has 3 aromatic rings. The van der Waals surface area contributed by atoms with Crippen molar-refractivity contribution in [3.63, 3.8) is 0 Å². The summed E-state index contributed by atoms with van der Waals surface area (Å²) in [6.45, 7) is 8.47. The first kappa shape index (κ1) is 21.5. The van der Waals surface area contributed by atoms with Crippen molar-refractivity contribution in [2.45, 2.75) is 39.7 Å². The van der Waals surface area contributed by atoms with Crippen LogP contribution in [0.15, 0.2) is 48.7 Å². The summed E-state index contributed by atoms with van der Waals surface area (Å²) < 4.78 is 12.4. The van der Waals surface area contributed by atoms with Gasteiger partial charge in [0.25, 0.3) is 0 Å². The molecule has 1 unspecified atom stereocenters. The zero-order valence-electron chi connectivity index (χ0n) is 18.0. The minimum atomic E-state index is -0.533. The number of nitrogens with zero attached hydrogens (tertiary/aromatic N) is 3. The van der Waals surface area contributed by atoms with Crippen molar-refractivity contribution < 1.29 is 14.3 Å². The van der Waals surface area contributed by atoms with Gasteiger partial charge in [-0.2, -0.15) is 0 Å². The Bertz CT molecular complexity index is 996. The number of carbonyl (C=O) groups excluding carboxylic acids is 1. The van der Waals surface area contributed by atoms with Crippen LogP contribution in [-0.4, -0.2) is 40.8 Å². The van der Waals surface area contributed by atoms with E-state index in [1.807, 2.05) is 38.1 Å². The molecule has 0 radical (unpaired) electrons. The van der Waals surface area contributed by atoms with Crippen LogP contribution in [0, 0.1) is 6.92 Å². The van der Waals surface area contributed by atoms with E-state index in [0.717, 1.165) is 22.5 Å². The van der Waals surface area contributed by atoms with Gasteiger partial charge in [0.15, 0.2) is 0 Å². The highest BCUT2D eigenvalue weighted by Crippen LogP contribution is 2.29. The number of carbonyl (C=O) groups is 1. The zero-order chi connectivity index (χ0) is 21.7. The molecular formula is C23H28N4O3. The largest absolute Gasteiger partial charge is 0.412 e. The summed E-state index contributed by atoms with van der Waals surface area (Å²) >= 11 is 0. The summed E-state index contributed by atoms with van der Waals surface area (Å²) in [6, 6.07) is 13.7. The smallest absolute Gasteiger partial charge is 0.410 e. The third-order valence-corrected chi connectivity index (χ3v) is 4.68. The minimum Gasteiger partial charge on any atom is -0.410 e. The Hall–Kier alpha value is -3.19. The molecule has 0 aliphatic rings. The summed E-state index contributed by atoms with van der Waals surface area (Å²) in [5, 5.41) is 11.1. The Labute approximate surface area is 177 Å². The summed E-state index contributed by atoms with van der Waals surface area (Å²) in [5.74, 6) is 0.668. The first-order valence-corrected chi connectivity index (χ1v) is 9.97. The van der Waals surface area contributed by atoms with Crippen LogP contribution < -0.4 is 10.1 Å². The molecule has 0 fully saturated rings. The van der Waals surface area contributed by atoms with Crippen LogP contribution in [0.25, 0.3) is 16.8 Å². The molecule has 0 saturated heterocycles. The van der Waals surface area contributed by atoms with E-state index in [1.165, 1.54) is 5.56 Å². The highest BCUT2D eigenvalue weighted by atomic mass is 16.6. The molecule has 1 amide bonds. The van der Waals surface area contributed by atoms with Gasteiger partial charge in [0.05, 0.1) is 30.2 Å². The van der Waals surface area contributed by atoms with Crippen LogP contribution in [0.5, 0.6) is 5.75 Å². The predicted octanol–water partition coefficient (Wildman–Crippen LogP) is 4.49. The first-order chi connectivity index (χ1) is 14.4. The van der Waals surface area contributed by atoms with Crippen LogP contribution in [-0.2, 0) is 4.74 Å². The molecule has 0 saturated carbocycles. The molecule has 1 N–H and O–H groups in total. The summed E-state index contributed by atoms with van der Waals surface area (Å²) in [4.78, 5) is 12.3. The van der Waals surface area contributed by atoms with Gasteiger partial charge >= 0.3 is 6.09 Å². The number of nitrogens with one attached hydrogen (secondary N) is 1. The van der Waals surface area contributed by atoms with Gasteiger partial charge in [0, 0.05) is 13.2 Å². The lowest BCUT2D eigenvalue weighted by molar-refractivity contribution is 0.159. The average Bonchev–Trinajstić information content (AvgIpc) is 3.18. The fourth-order valence-corrected chi connectivity index (χ4v) is 3.14. The first-order valence-electron chi connectivity index (χ1n) is 9.97. The van der Waals surface area contributed by atoms with Gasteiger partial charge < -0.3 is 14.8 Å². The molecular weight excluding hydrogens is 380 g/mol. The maximum Gasteiger partial charge on any atom is 0.412 e. The van der Waals surface area contributed by atoms with Crippen LogP contribution >= 0.6 is 0 Å². The Kier molecular flexibility index (Phi) is 6.84. The van der Waals surface area contributed by atoms with E-state index in [2.05, 4.69) is 41.6 Å². The molecule has 0 spiro atoms. The number of methoxy groups -OCH3 is 1. The molecule has 7 nitrogen and oxygen atoms in total. The highest BCUT2D eigenvalue weighted by molar-refractivity contribution is 5.74. The van der Waals surface area contributed by atoms with E-state index in [4.69, 9.17) is 9.47 Å². The van der Waals surface area contributed by atoms with Gasteiger partial charge in [0.1, 0.15) is 5.75 Å². The Morgan fingerprint density at radius 3 is 2.50 bits per heavy atom. The Balaban J connectivity index is 1.99. The molecule has 1 heterocycles. The van der Waals surface area contributed by atoms with Crippen LogP contribution in [0.3, 0.4) is 0 Å². The number of hydrogen-bond donors (Lipinski definition) is 1. The number of rotatable bonds is 7. The van der Waals surface area contributed by atoms with Crippen molar-refractivity contribution in [2.75, 3.05) is 13.7 Å². The van der Waals surface area contributed by atoms with Gasteiger partial charge in [-0.3, -0.25) is 0 Å². The molecule has 7 heteroatoms. The molecule has 1 atom stereocenters. The van der Waals surface area contributed by atoms with E-state index in [9.17, 15) is 4.79 Å². The molecule has 1 aromatic heterocycles. The number of aromatic nitrogens is 3. The summed E-state index contributed by atoms with van der Waals surface area (Å²) in [6.07, 6.45) is 1.22.